The number of hydrazone groups is 1. The van der Waals surface area contributed by atoms with E-state index < -0.39 is 0 Å². The number of ether oxygens (including phenoxy) is 2. The van der Waals surface area contributed by atoms with Crippen LogP contribution in [-0.4, -0.2) is 61.1 Å². The summed E-state index contributed by atoms with van der Waals surface area (Å²) in [6.45, 7) is 3.82. The van der Waals surface area contributed by atoms with Gasteiger partial charge in [-0.2, -0.15) is 25.3 Å². The van der Waals surface area contributed by atoms with Crippen LogP contribution in [0, 0.1) is 11.3 Å². The predicted molar refractivity (Wildman–Crippen MR) is 127 cm³/mol. The molecular formula is C23H30N8O2. The molecule has 0 unspecified atom stereocenters. The molecule has 0 aliphatic carbocycles. The van der Waals surface area contributed by atoms with Crippen molar-refractivity contribution in [2.75, 3.05) is 55.1 Å². The number of hydrogen-bond donors (Lipinski definition) is 1. The third kappa shape index (κ3) is 6.00. The molecule has 2 aliphatic heterocycles. The Labute approximate surface area is 194 Å². The van der Waals surface area contributed by atoms with Crippen LogP contribution in [0.1, 0.15) is 44.1 Å². The summed E-state index contributed by atoms with van der Waals surface area (Å²) in [5.41, 5.74) is 3.79. The van der Waals surface area contributed by atoms with Gasteiger partial charge in [0.1, 0.15) is 6.07 Å². The smallest absolute Gasteiger partial charge is 0.250 e. The molecule has 174 valence electrons. The predicted octanol–water partition coefficient (Wildman–Crippen LogP) is 3.21. The first kappa shape index (κ1) is 22.6. The van der Waals surface area contributed by atoms with Gasteiger partial charge in [-0.25, -0.2) is 5.43 Å². The maximum absolute atomic E-state index is 8.71. The van der Waals surface area contributed by atoms with E-state index in [0.29, 0.717) is 29.3 Å². The zero-order valence-electron chi connectivity index (χ0n) is 19.0. The Morgan fingerprint density at radius 1 is 0.970 bits per heavy atom. The average molecular weight is 451 g/mol. The van der Waals surface area contributed by atoms with Crippen molar-refractivity contribution in [2.45, 2.75) is 38.5 Å². The fourth-order valence-electron chi connectivity index (χ4n) is 4.03. The summed E-state index contributed by atoms with van der Waals surface area (Å²) in [5.74, 6) is 2.91. The van der Waals surface area contributed by atoms with Gasteiger partial charge in [-0.1, -0.05) is 0 Å². The molecule has 0 bridgehead atoms. The lowest BCUT2D eigenvalue weighted by Crippen LogP contribution is -2.34. The van der Waals surface area contributed by atoms with Gasteiger partial charge in [0, 0.05) is 26.2 Å². The van der Waals surface area contributed by atoms with Crippen LogP contribution in [0.4, 0.5) is 17.8 Å². The fourth-order valence-corrected chi connectivity index (χ4v) is 4.03. The van der Waals surface area contributed by atoms with Crippen molar-refractivity contribution in [3.8, 4) is 17.6 Å². The Balaban J connectivity index is 1.51. The molecule has 2 saturated heterocycles. The maximum atomic E-state index is 8.71. The minimum atomic E-state index is -0.0383. The molecule has 10 heteroatoms. The van der Waals surface area contributed by atoms with Crippen LogP contribution in [0.5, 0.6) is 11.5 Å². The fraction of sp³-hybridized carbons (Fsp3) is 0.522. The lowest BCUT2D eigenvalue weighted by Gasteiger charge is -2.30. The highest BCUT2D eigenvalue weighted by Crippen LogP contribution is 2.27. The summed E-state index contributed by atoms with van der Waals surface area (Å²) in [7, 11) is 1.56. The summed E-state index contributed by atoms with van der Waals surface area (Å²) >= 11 is 0. The van der Waals surface area contributed by atoms with E-state index in [1.54, 1.807) is 25.5 Å². The Morgan fingerprint density at radius 3 is 2.18 bits per heavy atom. The van der Waals surface area contributed by atoms with E-state index in [-0.39, 0.29) is 6.61 Å². The lowest BCUT2D eigenvalue weighted by molar-refractivity contribution is 0.329. The standard InChI is InChI=1S/C23H30N8O2/c1-32-20-16-18(8-9-19(20)33-15-10-24)17-25-29-21-26-22(30-11-4-2-5-12-30)28-23(27-21)31-13-6-3-7-14-31/h8-9,16-17H,2-7,11-15H2,1H3,(H,26,27,28,29). The van der Waals surface area contributed by atoms with Crippen LogP contribution in [-0.2, 0) is 0 Å². The minimum absolute atomic E-state index is 0.0383. The summed E-state index contributed by atoms with van der Waals surface area (Å²) in [4.78, 5) is 18.5. The van der Waals surface area contributed by atoms with Gasteiger partial charge in [-0.15, -0.1) is 0 Å². The van der Waals surface area contributed by atoms with Crippen LogP contribution < -0.4 is 24.7 Å². The zero-order chi connectivity index (χ0) is 22.9. The van der Waals surface area contributed by atoms with E-state index in [0.717, 1.165) is 57.4 Å². The molecule has 1 aromatic carbocycles. The average Bonchev–Trinajstić information content (AvgIpc) is 2.88. The molecular weight excluding hydrogens is 420 g/mol. The second kappa shape index (κ2) is 11.3. The minimum Gasteiger partial charge on any atom is -0.493 e. The Morgan fingerprint density at radius 2 is 1.61 bits per heavy atom. The van der Waals surface area contributed by atoms with Crippen LogP contribution in [0.2, 0.25) is 0 Å². The van der Waals surface area contributed by atoms with Crippen LogP contribution >= 0.6 is 0 Å². The van der Waals surface area contributed by atoms with E-state index in [2.05, 4.69) is 30.3 Å². The van der Waals surface area contributed by atoms with Crippen LogP contribution in [0.25, 0.3) is 0 Å². The number of benzene rings is 1. The first-order valence-corrected chi connectivity index (χ1v) is 11.5. The summed E-state index contributed by atoms with van der Waals surface area (Å²) < 4.78 is 10.7. The SMILES string of the molecule is COc1cc(C=NNc2nc(N3CCCCC3)nc(N3CCCCC3)n2)ccc1OCC#N. The summed E-state index contributed by atoms with van der Waals surface area (Å²) in [6, 6.07) is 7.34. The van der Waals surface area contributed by atoms with Gasteiger partial charge in [0.15, 0.2) is 18.1 Å². The molecule has 33 heavy (non-hydrogen) atoms. The monoisotopic (exact) mass is 450 g/mol. The Hall–Kier alpha value is -3.61. The van der Waals surface area contributed by atoms with Crippen molar-refractivity contribution in [1.29, 1.82) is 5.26 Å². The highest BCUT2D eigenvalue weighted by atomic mass is 16.5. The third-order valence-corrected chi connectivity index (χ3v) is 5.75. The van der Waals surface area contributed by atoms with Crippen molar-refractivity contribution in [1.82, 2.24) is 15.0 Å². The van der Waals surface area contributed by atoms with Gasteiger partial charge in [0.2, 0.25) is 17.8 Å². The highest BCUT2D eigenvalue weighted by Gasteiger charge is 2.20. The lowest BCUT2D eigenvalue weighted by atomic mass is 10.1. The largest absolute Gasteiger partial charge is 0.493 e. The van der Waals surface area contributed by atoms with Crippen molar-refractivity contribution < 1.29 is 9.47 Å². The summed E-state index contributed by atoms with van der Waals surface area (Å²) in [5, 5.41) is 13.0. The first-order chi connectivity index (χ1) is 16.3. The number of anilines is 3. The van der Waals surface area contributed by atoms with E-state index in [1.807, 2.05) is 12.1 Å². The van der Waals surface area contributed by atoms with Crippen LogP contribution in [0.3, 0.4) is 0 Å². The number of nitrogens with zero attached hydrogens (tertiary/aromatic N) is 7. The van der Waals surface area contributed by atoms with Crippen molar-refractivity contribution >= 4 is 24.1 Å². The molecule has 1 N–H and O–H groups in total. The number of piperidine rings is 2. The number of aromatic nitrogens is 3. The molecule has 4 rings (SSSR count). The Bertz CT molecular complexity index is 958. The highest BCUT2D eigenvalue weighted by molar-refractivity contribution is 5.81. The van der Waals surface area contributed by atoms with Gasteiger partial charge in [-0.3, -0.25) is 0 Å². The van der Waals surface area contributed by atoms with Gasteiger partial charge >= 0.3 is 0 Å². The molecule has 0 amide bonds. The topological polar surface area (TPSA) is 112 Å². The maximum Gasteiger partial charge on any atom is 0.250 e. The molecule has 2 aromatic rings. The van der Waals surface area contributed by atoms with Gasteiger partial charge in [0.05, 0.1) is 13.3 Å². The van der Waals surface area contributed by atoms with Crippen molar-refractivity contribution in [3.05, 3.63) is 23.8 Å². The molecule has 3 heterocycles. The first-order valence-electron chi connectivity index (χ1n) is 11.5. The number of nitriles is 1. The number of nitrogens with one attached hydrogen (secondary N) is 1. The third-order valence-electron chi connectivity index (χ3n) is 5.75. The van der Waals surface area contributed by atoms with Gasteiger partial charge in [-0.05, 0) is 62.3 Å². The van der Waals surface area contributed by atoms with E-state index in [4.69, 9.17) is 19.7 Å². The molecule has 0 saturated carbocycles. The molecule has 1 aromatic heterocycles. The Kier molecular flexibility index (Phi) is 7.74. The van der Waals surface area contributed by atoms with E-state index >= 15 is 0 Å². The molecule has 10 nitrogen and oxygen atoms in total. The second-order valence-electron chi connectivity index (χ2n) is 8.08. The van der Waals surface area contributed by atoms with Gasteiger partial charge in [0.25, 0.3) is 0 Å². The molecule has 0 atom stereocenters. The molecule has 2 aliphatic rings. The molecule has 2 fully saturated rings. The second-order valence-corrected chi connectivity index (χ2v) is 8.08. The van der Waals surface area contributed by atoms with E-state index in [9.17, 15) is 0 Å². The van der Waals surface area contributed by atoms with E-state index in [1.165, 1.54) is 12.8 Å². The summed E-state index contributed by atoms with van der Waals surface area (Å²) in [6.07, 6.45) is 8.78. The molecule has 0 radical (unpaired) electrons. The number of methoxy groups -OCH3 is 1. The number of hydrogen-bond acceptors (Lipinski definition) is 10. The van der Waals surface area contributed by atoms with Gasteiger partial charge < -0.3 is 19.3 Å². The quantitative estimate of drug-likeness (QED) is 0.478. The molecule has 0 spiro atoms. The van der Waals surface area contributed by atoms with Crippen LogP contribution in [0.15, 0.2) is 23.3 Å². The normalized spacial score (nSPS) is 16.5. The van der Waals surface area contributed by atoms with Crippen molar-refractivity contribution in [2.24, 2.45) is 5.10 Å². The zero-order valence-corrected chi connectivity index (χ0v) is 19.0. The number of rotatable bonds is 8. The van der Waals surface area contributed by atoms with Crippen molar-refractivity contribution in [3.63, 3.8) is 0 Å².